The molecule has 1 heterocycles. The standard InChI is InChI=1S/C13H27N3O/c1-11-7-5-4-6-8-16(11)12(10-14)9-13(17)15(2)3/h11-12H,4-10,14H2,1-3H3. The lowest BCUT2D eigenvalue weighted by atomic mass is 10.1. The fourth-order valence-electron chi connectivity index (χ4n) is 2.56. The van der Waals surface area contributed by atoms with Gasteiger partial charge in [0.1, 0.15) is 0 Å². The van der Waals surface area contributed by atoms with Crippen LogP contribution in [-0.4, -0.2) is 55.0 Å². The molecule has 2 N–H and O–H groups in total. The van der Waals surface area contributed by atoms with Gasteiger partial charge in [-0.2, -0.15) is 0 Å². The lowest BCUT2D eigenvalue weighted by molar-refractivity contribution is -0.130. The van der Waals surface area contributed by atoms with Gasteiger partial charge in [-0.3, -0.25) is 9.69 Å². The highest BCUT2D eigenvalue weighted by Gasteiger charge is 2.26. The fraction of sp³-hybridized carbons (Fsp3) is 0.923. The minimum Gasteiger partial charge on any atom is -0.349 e. The first-order valence-electron chi connectivity index (χ1n) is 6.72. The largest absolute Gasteiger partial charge is 0.349 e. The second-order valence-electron chi connectivity index (χ2n) is 5.32. The van der Waals surface area contributed by atoms with Gasteiger partial charge in [-0.05, 0) is 26.3 Å². The molecule has 0 aromatic rings. The Kier molecular flexibility index (Phi) is 5.92. The van der Waals surface area contributed by atoms with E-state index in [0.29, 0.717) is 19.0 Å². The molecule has 1 fully saturated rings. The van der Waals surface area contributed by atoms with Crippen LogP contribution in [0.3, 0.4) is 0 Å². The summed E-state index contributed by atoms with van der Waals surface area (Å²) in [7, 11) is 3.61. The number of amides is 1. The van der Waals surface area contributed by atoms with E-state index >= 15 is 0 Å². The summed E-state index contributed by atoms with van der Waals surface area (Å²) in [4.78, 5) is 15.9. The summed E-state index contributed by atoms with van der Waals surface area (Å²) in [6.07, 6.45) is 5.62. The molecule has 0 bridgehead atoms. The molecule has 1 aliphatic rings. The zero-order valence-corrected chi connectivity index (χ0v) is 11.5. The maximum Gasteiger partial charge on any atom is 0.223 e. The van der Waals surface area contributed by atoms with Gasteiger partial charge < -0.3 is 10.6 Å². The van der Waals surface area contributed by atoms with Crippen LogP contribution in [0.5, 0.6) is 0 Å². The minimum atomic E-state index is 0.178. The Balaban J connectivity index is 2.60. The molecule has 4 heteroatoms. The Morgan fingerprint density at radius 3 is 2.71 bits per heavy atom. The van der Waals surface area contributed by atoms with Crippen LogP contribution < -0.4 is 5.73 Å². The van der Waals surface area contributed by atoms with E-state index in [2.05, 4.69) is 11.8 Å². The Bertz CT molecular complexity index is 243. The van der Waals surface area contributed by atoms with Gasteiger partial charge in [0.05, 0.1) is 0 Å². The van der Waals surface area contributed by atoms with Crippen molar-refractivity contribution in [1.82, 2.24) is 9.80 Å². The maximum absolute atomic E-state index is 11.8. The van der Waals surface area contributed by atoms with E-state index in [4.69, 9.17) is 5.73 Å². The molecule has 0 aromatic carbocycles. The van der Waals surface area contributed by atoms with Crippen molar-refractivity contribution in [2.24, 2.45) is 5.73 Å². The number of hydrogen-bond donors (Lipinski definition) is 1. The second kappa shape index (κ2) is 6.97. The van der Waals surface area contributed by atoms with Crippen LogP contribution >= 0.6 is 0 Å². The maximum atomic E-state index is 11.8. The average Bonchev–Trinajstić information content (AvgIpc) is 2.50. The number of hydrogen-bond acceptors (Lipinski definition) is 3. The third-order valence-corrected chi connectivity index (χ3v) is 3.75. The highest BCUT2D eigenvalue weighted by molar-refractivity contribution is 5.76. The summed E-state index contributed by atoms with van der Waals surface area (Å²) < 4.78 is 0. The Hall–Kier alpha value is -0.610. The number of rotatable bonds is 4. The first-order valence-corrected chi connectivity index (χ1v) is 6.72. The summed E-state index contributed by atoms with van der Waals surface area (Å²) in [6.45, 7) is 3.92. The third-order valence-electron chi connectivity index (χ3n) is 3.75. The van der Waals surface area contributed by atoms with E-state index in [0.717, 1.165) is 6.54 Å². The zero-order chi connectivity index (χ0) is 12.8. The molecule has 1 aliphatic heterocycles. The molecule has 1 saturated heterocycles. The summed E-state index contributed by atoms with van der Waals surface area (Å²) in [6, 6.07) is 0.763. The molecule has 4 nitrogen and oxygen atoms in total. The molecule has 100 valence electrons. The molecule has 0 radical (unpaired) electrons. The van der Waals surface area contributed by atoms with E-state index in [9.17, 15) is 4.79 Å². The SMILES string of the molecule is CC1CCCCCN1C(CN)CC(=O)N(C)C. The van der Waals surface area contributed by atoms with Crippen LogP contribution in [0.15, 0.2) is 0 Å². The number of likely N-dealkylation sites (tertiary alicyclic amines) is 1. The predicted octanol–water partition coefficient (Wildman–Crippen LogP) is 1.06. The van der Waals surface area contributed by atoms with Gasteiger partial charge in [-0.15, -0.1) is 0 Å². The first kappa shape index (κ1) is 14.5. The third kappa shape index (κ3) is 4.28. The van der Waals surface area contributed by atoms with E-state index in [-0.39, 0.29) is 11.9 Å². The van der Waals surface area contributed by atoms with Crippen LogP contribution in [0, 0.1) is 0 Å². The van der Waals surface area contributed by atoms with E-state index < -0.39 is 0 Å². The van der Waals surface area contributed by atoms with Gasteiger partial charge in [0.2, 0.25) is 5.91 Å². The van der Waals surface area contributed by atoms with E-state index in [1.165, 1.54) is 25.7 Å². The van der Waals surface area contributed by atoms with Crippen LogP contribution in [0.2, 0.25) is 0 Å². The first-order chi connectivity index (χ1) is 8.06. The molecule has 2 unspecified atom stereocenters. The number of carbonyl (C=O) groups is 1. The van der Waals surface area contributed by atoms with Gasteiger partial charge in [0.15, 0.2) is 0 Å². The topological polar surface area (TPSA) is 49.6 Å². The van der Waals surface area contributed by atoms with E-state index in [1.54, 1.807) is 4.90 Å². The summed E-state index contributed by atoms with van der Waals surface area (Å²) in [5.41, 5.74) is 5.85. The summed E-state index contributed by atoms with van der Waals surface area (Å²) in [5.74, 6) is 0.178. The molecular formula is C13H27N3O. The Morgan fingerprint density at radius 1 is 1.41 bits per heavy atom. The molecule has 2 atom stereocenters. The van der Waals surface area contributed by atoms with Gasteiger partial charge in [-0.25, -0.2) is 0 Å². The number of nitrogens with zero attached hydrogens (tertiary/aromatic N) is 2. The predicted molar refractivity (Wildman–Crippen MR) is 70.8 cm³/mol. The van der Waals surface area contributed by atoms with Crippen molar-refractivity contribution < 1.29 is 4.79 Å². The number of nitrogens with two attached hydrogens (primary N) is 1. The minimum absolute atomic E-state index is 0.178. The van der Waals surface area contributed by atoms with Crippen molar-refractivity contribution in [3.8, 4) is 0 Å². The van der Waals surface area contributed by atoms with Gasteiger partial charge >= 0.3 is 0 Å². The van der Waals surface area contributed by atoms with Crippen LogP contribution in [0.4, 0.5) is 0 Å². The molecule has 0 aliphatic carbocycles. The van der Waals surface area contributed by atoms with Crippen LogP contribution in [0.25, 0.3) is 0 Å². The van der Waals surface area contributed by atoms with Crippen molar-refractivity contribution in [2.75, 3.05) is 27.2 Å². The normalized spacial score (nSPS) is 24.1. The van der Waals surface area contributed by atoms with Crippen molar-refractivity contribution in [2.45, 2.75) is 51.1 Å². The molecular weight excluding hydrogens is 214 g/mol. The quantitative estimate of drug-likeness (QED) is 0.800. The number of carbonyl (C=O) groups excluding carboxylic acids is 1. The zero-order valence-electron chi connectivity index (χ0n) is 11.5. The molecule has 0 spiro atoms. The fourth-order valence-corrected chi connectivity index (χ4v) is 2.56. The van der Waals surface area contributed by atoms with Crippen LogP contribution in [-0.2, 0) is 4.79 Å². The molecule has 0 aromatic heterocycles. The van der Waals surface area contributed by atoms with Crippen molar-refractivity contribution in [3.63, 3.8) is 0 Å². The molecule has 0 saturated carbocycles. The van der Waals surface area contributed by atoms with E-state index in [1.807, 2.05) is 14.1 Å². The van der Waals surface area contributed by atoms with Gasteiger partial charge in [0.25, 0.3) is 0 Å². The monoisotopic (exact) mass is 241 g/mol. The highest BCUT2D eigenvalue weighted by Crippen LogP contribution is 2.20. The van der Waals surface area contributed by atoms with Crippen LogP contribution in [0.1, 0.15) is 39.0 Å². The second-order valence-corrected chi connectivity index (χ2v) is 5.32. The Morgan fingerprint density at radius 2 is 2.12 bits per heavy atom. The lowest BCUT2D eigenvalue weighted by Crippen LogP contribution is -2.47. The Labute approximate surface area is 105 Å². The summed E-state index contributed by atoms with van der Waals surface area (Å²) >= 11 is 0. The average molecular weight is 241 g/mol. The van der Waals surface area contributed by atoms with Crippen molar-refractivity contribution in [1.29, 1.82) is 0 Å². The van der Waals surface area contributed by atoms with Crippen molar-refractivity contribution in [3.05, 3.63) is 0 Å². The molecule has 1 amide bonds. The highest BCUT2D eigenvalue weighted by atomic mass is 16.2. The summed E-state index contributed by atoms with van der Waals surface area (Å²) in [5, 5.41) is 0. The van der Waals surface area contributed by atoms with Crippen molar-refractivity contribution >= 4 is 5.91 Å². The van der Waals surface area contributed by atoms with Gasteiger partial charge in [-0.1, -0.05) is 12.8 Å². The molecule has 1 rings (SSSR count). The molecule has 17 heavy (non-hydrogen) atoms. The smallest absolute Gasteiger partial charge is 0.223 e. The van der Waals surface area contributed by atoms with Gasteiger partial charge in [0, 0.05) is 39.1 Å². The lowest BCUT2D eigenvalue weighted by Gasteiger charge is -2.34.